The van der Waals surface area contributed by atoms with Gasteiger partial charge >= 0.3 is 0 Å². The van der Waals surface area contributed by atoms with Gasteiger partial charge in [-0.1, -0.05) is 0 Å². The van der Waals surface area contributed by atoms with E-state index in [9.17, 15) is 18.3 Å². The molecule has 0 radical (unpaired) electrons. The number of ether oxygens (including phenoxy) is 2. The molecule has 4 aliphatic heterocycles. The highest BCUT2D eigenvalue weighted by atomic mass is 32.2. The van der Waals surface area contributed by atoms with Crippen molar-refractivity contribution < 1.29 is 27.8 Å². The van der Waals surface area contributed by atoms with E-state index < -0.39 is 15.9 Å². The average Bonchev–Trinajstić information content (AvgIpc) is 3.19. The fourth-order valence-corrected chi connectivity index (χ4v) is 5.99. The number of aliphatic hydroxyl groups is 1. The third-order valence-corrected chi connectivity index (χ3v) is 8.31. The Kier molecular flexibility index (Phi) is 6.48. The number of rotatable bonds is 5. The quantitative estimate of drug-likeness (QED) is 0.547. The Hall–Kier alpha value is -0.780. The van der Waals surface area contributed by atoms with Crippen LogP contribution in [0.5, 0.6) is 0 Å². The minimum absolute atomic E-state index is 0.0311. The predicted molar refractivity (Wildman–Crippen MR) is 106 cm³/mol. The van der Waals surface area contributed by atoms with Gasteiger partial charge in [-0.25, -0.2) is 8.42 Å². The number of amides is 1. The van der Waals surface area contributed by atoms with Crippen molar-refractivity contribution in [1.82, 2.24) is 15.1 Å². The lowest BCUT2D eigenvalue weighted by Crippen LogP contribution is -2.46. The second-order valence-electron chi connectivity index (χ2n) is 8.88. The fraction of sp³-hybridized carbons (Fsp3) is 0.947. The van der Waals surface area contributed by atoms with Crippen molar-refractivity contribution in [3.8, 4) is 0 Å². The number of fused-ring (bicyclic) bond motifs is 1. The summed E-state index contributed by atoms with van der Waals surface area (Å²) < 4.78 is 35.0. The molecule has 29 heavy (non-hydrogen) atoms. The third kappa shape index (κ3) is 5.11. The summed E-state index contributed by atoms with van der Waals surface area (Å²) in [5.41, 5.74) is 0. The number of hydrogen-bond donors (Lipinski definition) is 2. The SMILES string of the molecule is CN1CCC(NCC2OC3CC(CC(=O)N4CCS(=O)(=O)CC4)OC3C2O)CC1. The van der Waals surface area contributed by atoms with E-state index in [0.29, 0.717) is 19.0 Å². The van der Waals surface area contributed by atoms with Gasteiger partial charge in [0.25, 0.3) is 0 Å². The molecule has 0 bridgehead atoms. The van der Waals surface area contributed by atoms with E-state index in [1.165, 1.54) is 0 Å². The van der Waals surface area contributed by atoms with Crippen LogP contribution in [0, 0.1) is 0 Å². The molecule has 0 aromatic rings. The molecule has 1 amide bonds. The number of carbonyl (C=O) groups is 1. The van der Waals surface area contributed by atoms with Crippen molar-refractivity contribution in [3.05, 3.63) is 0 Å². The summed E-state index contributed by atoms with van der Waals surface area (Å²) in [6.07, 6.45) is 1.16. The van der Waals surface area contributed by atoms with E-state index in [0.717, 1.165) is 25.9 Å². The van der Waals surface area contributed by atoms with E-state index >= 15 is 0 Å². The molecule has 0 aliphatic carbocycles. The molecule has 4 saturated heterocycles. The lowest BCUT2D eigenvalue weighted by Gasteiger charge is -2.31. The number of aliphatic hydroxyl groups excluding tert-OH is 1. The zero-order valence-corrected chi connectivity index (χ0v) is 17.8. The first-order chi connectivity index (χ1) is 13.8. The number of carbonyl (C=O) groups excluding carboxylic acids is 1. The Morgan fingerprint density at radius 1 is 1.14 bits per heavy atom. The highest BCUT2D eigenvalue weighted by Gasteiger charge is 2.50. The van der Waals surface area contributed by atoms with E-state index in [1.54, 1.807) is 4.90 Å². The smallest absolute Gasteiger partial charge is 0.225 e. The molecule has 0 aromatic heterocycles. The Morgan fingerprint density at radius 2 is 1.83 bits per heavy atom. The van der Waals surface area contributed by atoms with Crippen LogP contribution >= 0.6 is 0 Å². The molecule has 2 N–H and O–H groups in total. The Bertz CT molecular complexity index is 682. The first-order valence-corrected chi connectivity index (χ1v) is 12.5. The molecule has 4 rings (SSSR count). The van der Waals surface area contributed by atoms with E-state index in [1.807, 2.05) is 0 Å². The van der Waals surface area contributed by atoms with Crippen LogP contribution in [0.1, 0.15) is 25.7 Å². The molecule has 0 spiro atoms. The Morgan fingerprint density at radius 3 is 2.48 bits per heavy atom. The Balaban J connectivity index is 1.20. The number of nitrogens with zero attached hydrogens (tertiary/aromatic N) is 2. The number of nitrogens with one attached hydrogen (secondary N) is 1. The normalized spacial score (nSPS) is 38.3. The second-order valence-corrected chi connectivity index (χ2v) is 11.2. The molecule has 166 valence electrons. The van der Waals surface area contributed by atoms with Crippen molar-refractivity contribution in [2.45, 2.75) is 62.2 Å². The van der Waals surface area contributed by atoms with Crippen LogP contribution in [-0.4, -0.2) is 117 Å². The topological polar surface area (TPSA) is 108 Å². The summed E-state index contributed by atoms with van der Waals surface area (Å²) in [5, 5.41) is 14.1. The van der Waals surface area contributed by atoms with Gasteiger partial charge in [0.1, 0.15) is 12.2 Å². The molecule has 4 fully saturated rings. The van der Waals surface area contributed by atoms with Crippen molar-refractivity contribution >= 4 is 15.7 Å². The number of piperidine rings is 1. The van der Waals surface area contributed by atoms with E-state index in [2.05, 4.69) is 17.3 Å². The number of hydrogen-bond acceptors (Lipinski definition) is 8. The summed E-state index contributed by atoms with van der Waals surface area (Å²) in [5.74, 6) is -0.0214. The lowest BCUT2D eigenvalue weighted by atomic mass is 10.0. The molecule has 0 aromatic carbocycles. The van der Waals surface area contributed by atoms with Crippen molar-refractivity contribution in [2.75, 3.05) is 51.3 Å². The van der Waals surface area contributed by atoms with Crippen molar-refractivity contribution in [2.24, 2.45) is 0 Å². The van der Waals surface area contributed by atoms with Gasteiger partial charge in [-0.3, -0.25) is 4.79 Å². The van der Waals surface area contributed by atoms with Crippen LogP contribution < -0.4 is 5.32 Å². The van der Waals surface area contributed by atoms with Crippen molar-refractivity contribution in [3.63, 3.8) is 0 Å². The summed E-state index contributed by atoms with van der Waals surface area (Å²) in [6, 6.07) is 0.460. The van der Waals surface area contributed by atoms with Gasteiger partial charge in [-0.2, -0.15) is 0 Å². The summed E-state index contributed by atoms with van der Waals surface area (Å²) in [6.45, 7) is 3.28. The Labute approximate surface area is 172 Å². The van der Waals surface area contributed by atoms with Gasteiger partial charge in [0.15, 0.2) is 9.84 Å². The first kappa shape index (κ1) is 21.5. The fourth-order valence-electron chi connectivity index (χ4n) is 4.79. The molecule has 4 aliphatic rings. The lowest BCUT2D eigenvalue weighted by molar-refractivity contribution is -0.134. The molecular formula is C19H33N3O6S. The van der Waals surface area contributed by atoms with Gasteiger partial charge in [-0.05, 0) is 33.0 Å². The average molecular weight is 432 g/mol. The van der Waals surface area contributed by atoms with Gasteiger partial charge in [0.05, 0.1) is 36.2 Å². The minimum atomic E-state index is -3.01. The molecule has 5 atom stereocenters. The van der Waals surface area contributed by atoms with Crippen LogP contribution in [0.3, 0.4) is 0 Å². The first-order valence-electron chi connectivity index (χ1n) is 10.7. The molecule has 0 saturated carbocycles. The van der Waals surface area contributed by atoms with Gasteiger partial charge in [-0.15, -0.1) is 0 Å². The molecule has 4 heterocycles. The second kappa shape index (κ2) is 8.76. The predicted octanol–water partition coefficient (Wildman–Crippen LogP) is -1.40. The van der Waals surface area contributed by atoms with Crippen LogP contribution in [-0.2, 0) is 24.1 Å². The zero-order valence-electron chi connectivity index (χ0n) is 17.0. The monoisotopic (exact) mass is 431 g/mol. The van der Waals surface area contributed by atoms with E-state index in [-0.39, 0.29) is 61.3 Å². The standard InChI is InChI=1S/C19H33N3O6S/c1-21-4-2-13(3-5-21)20-12-16-18(24)19-15(28-16)10-14(27-19)11-17(23)22-6-8-29(25,26)9-7-22/h13-16,18-20,24H,2-12H2,1H3. The maximum Gasteiger partial charge on any atom is 0.225 e. The highest BCUT2D eigenvalue weighted by molar-refractivity contribution is 7.91. The largest absolute Gasteiger partial charge is 0.388 e. The number of likely N-dealkylation sites (tertiary alicyclic amines) is 1. The molecule has 10 heteroatoms. The summed E-state index contributed by atoms with van der Waals surface area (Å²) in [4.78, 5) is 16.4. The number of sulfone groups is 1. The van der Waals surface area contributed by atoms with Crippen molar-refractivity contribution in [1.29, 1.82) is 0 Å². The van der Waals surface area contributed by atoms with Crippen LogP contribution in [0.2, 0.25) is 0 Å². The minimum Gasteiger partial charge on any atom is -0.388 e. The van der Waals surface area contributed by atoms with Gasteiger partial charge < -0.3 is 29.7 Å². The van der Waals surface area contributed by atoms with Crippen LogP contribution in [0.4, 0.5) is 0 Å². The van der Waals surface area contributed by atoms with Crippen LogP contribution in [0.25, 0.3) is 0 Å². The van der Waals surface area contributed by atoms with Crippen LogP contribution in [0.15, 0.2) is 0 Å². The van der Waals surface area contributed by atoms with Gasteiger partial charge in [0, 0.05) is 32.1 Å². The molecule has 9 nitrogen and oxygen atoms in total. The van der Waals surface area contributed by atoms with Gasteiger partial charge in [0.2, 0.25) is 5.91 Å². The summed E-state index contributed by atoms with van der Waals surface area (Å²) >= 11 is 0. The maximum absolute atomic E-state index is 12.5. The third-order valence-electron chi connectivity index (χ3n) is 6.70. The van der Waals surface area contributed by atoms with E-state index in [4.69, 9.17) is 9.47 Å². The zero-order chi connectivity index (χ0) is 20.6. The molecule has 5 unspecified atom stereocenters. The molecular weight excluding hydrogens is 398 g/mol. The summed E-state index contributed by atoms with van der Waals surface area (Å²) in [7, 11) is -0.873. The maximum atomic E-state index is 12.5. The highest BCUT2D eigenvalue weighted by Crippen LogP contribution is 2.35.